The van der Waals surface area contributed by atoms with E-state index in [-0.39, 0.29) is 17.9 Å². The number of rotatable bonds is 47. The van der Waals surface area contributed by atoms with Crippen LogP contribution in [0.1, 0.15) is 326 Å². The fraction of sp³-hybridized carbons (Fsp3) is 0.949. The maximum absolute atomic E-state index is 11.4. The molecule has 65 heavy (non-hydrogen) atoms. The van der Waals surface area contributed by atoms with E-state index in [9.17, 15) is 14.4 Å². The lowest BCUT2D eigenvalue weighted by Crippen LogP contribution is -2.06. The fourth-order valence-electron chi connectivity index (χ4n) is 7.65. The second kappa shape index (κ2) is 58.5. The average Bonchev–Trinajstić information content (AvgIpc) is 3.28. The predicted octanol–water partition coefficient (Wildman–Crippen LogP) is 19.6. The van der Waals surface area contributed by atoms with Crippen LogP contribution in [0.2, 0.25) is 0 Å². The summed E-state index contributed by atoms with van der Waals surface area (Å²) in [7, 11) is 0. The second-order valence-corrected chi connectivity index (χ2v) is 20.8. The van der Waals surface area contributed by atoms with Crippen LogP contribution in [0, 0.1) is 17.8 Å². The molecule has 0 saturated heterocycles. The van der Waals surface area contributed by atoms with E-state index in [2.05, 4.69) is 62.3 Å². The van der Waals surface area contributed by atoms with Crippen LogP contribution < -0.4 is 0 Å². The molecule has 390 valence electrons. The van der Waals surface area contributed by atoms with Crippen LogP contribution in [0.3, 0.4) is 0 Å². The molecule has 0 saturated carbocycles. The lowest BCUT2D eigenvalue weighted by molar-refractivity contribution is -0.145. The monoisotopic (exact) mass is 923 g/mol. The van der Waals surface area contributed by atoms with E-state index >= 15 is 0 Å². The summed E-state index contributed by atoms with van der Waals surface area (Å²) in [5, 5.41) is 0. The van der Waals surface area contributed by atoms with Crippen molar-refractivity contribution in [3.8, 4) is 0 Å². The number of hydrogen-bond donors (Lipinski definition) is 0. The molecule has 0 aliphatic carbocycles. The Bertz CT molecular complexity index is 930. The Labute approximate surface area is 408 Å². The summed E-state index contributed by atoms with van der Waals surface area (Å²) in [4.78, 5) is 34.3. The standard InChI is InChI=1S/C21H42O2.C20H40O2.C18H36O2/c1-4-5-6-7-8-9-10-11-12-13-14-15-16-19-23-21(22)18-17-20(2)3;1-4-5-6-7-8-9-10-11-12-13-14-15-18-22-20(21)17-16-19(2)3;1-4-5-6-7-8-9-10-11-12-13-16-20-18(19)15-14-17(2)3/h20H,4-19H2,1-3H3;19H,4-18H2,1-3H3;17H,4-16H2,1-3H3. The molecule has 0 N–H and O–H groups in total. The minimum Gasteiger partial charge on any atom is -0.466 e. The highest BCUT2D eigenvalue weighted by molar-refractivity contribution is 5.69. The summed E-state index contributed by atoms with van der Waals surface area (Å²) in [5.74, 6) is 1.70. The smallest absolute Gasteiger partial charge is 0.305 e. The van der Waals surface area contributed by atoms with Crippen molar-refractivity contribution in [2.45, 2.75) is 326 Å². The Morgan fingerprint density at radius 2 is 0.415 bits per heavy atom. The first kappa shape index (κ1) is 67.7. The summed E-state index contributed by atoms with van der Waals surface area (Å²) < 4.78 is 15.7. The number of hydrogen-bond acceptors (Lipinski definition) is 6. The molecule has 0 rings (SSSR count). The predicted molar refractivity (Wildman–Crippen MR) is 284 cm³/mol. The molecule has 0 atom stereocenters. The molecule has 6 heteroatoms. The summed E-state index contributed by atoms with van der Waals surface area (Å²) in [5.41, 5.74) is 0. The van der Waals surface area contributed by atoms with Gasteiger partial charge in [-0.3, -0.25) is 14.4 Å². The quantitative estimate of drug-likeness (QED) is 0.0344. The summed E-state index contributed by atoms with van der Waals surface area (Å²) >= 11 is 0. The van der Waals surface area contributed by atoms with Gasteiger partial charge in [-0.15, -0.1) is 0 Å². The number of carbonyl (C=O) groups is 3. The van der Waals surface area contributed by atoms with Gasteiger partial charge < -0.3 is 14.2 Å². The Morgan fingerprint density at radius 3 is 0.569 bits per heavy atom. The van der Waals surface area contributed by atoms with Crippen LogP contribution in [-0.4, -0.2) is 37.7 Å². The van der Waals surface area contributed by atoms with Gasteiger partial charge in [-0.25, -0.2) is 0 Å². The van der Waals surface area contributed by atoms with Crippen molar-refractivity contribution in [2.75, 3.05) is 19.8 Å². The van der Waals surface area contributed by atoms with Gasteiger partial charge >= 0.3 is 17.9 Å². The molecule has 0 aromatic rings. The van der Waals surface area contributed by atoms with E-state index in [1.54, 1.807) is 0 Å². The topological polar surface area (TPSA) is 78.9 Å². The van der Waals surface area contributed by atoms with Crippen molar-refractivity contribution >= 4 is 17.9 Å². The van der Waals surface area contributed by atoms with E-state index in [1.807, 2.05) is 0 Å². The molecule has 0 fully saturated rings. The summed E-state index contributed by atoms with van der Waals surface area (Å²) in [6.45, 7) is 21.5. The SMILES string of the molecule is CCCCCCCCCCCCCCCOC(=O)CCC(C)C.CCCCCCCCCCCCCCOC(=O)CCC(C)C.CCCCCCCCCCCCOC(=O)CCC(C)C. The first-order valence-corrected chi connectivity index (χ1v) is 29.0. The maximum atomic E-state index is 11.4. The van der Waals surface area contributed by atoms with Gasteiger partial charge in [-0.2, -0.15) is 0 Å². The lowest BCUT2D eigenvalue weighted by Gasteiger charge is -2.06. The zero-order valence-corrected chi connectivity index (χ0v) is 45.8. The summed E-state index contributed by atoms with van der Waals surface area (Å²) in [6, 6.07) is 0. The molecular weight excluding hydrogens is 805 g/mol. The van der Waals surface area contributed by atoms with Gasteiger partial charge in [0, 0.05) is 19.3 Å². The van der Waals surface area contributed by atoms with E-state index in [0.29, 0.717) is 56.8 Å². The number of ether oxygens (including phenoxy) is 3. The highest BCUT2D eigenvalue weighted by atomic mass is 16.5. The van der Waals surface area contributed by atoms with Gasteiger partial charge in [0.15, 0.2) is 0 Å². The van der Waals surface area contributed by atoms with E-state index in [0.717, 1.165) is 38.5 Å². The van der Waals surface area contributed by atoms with Crippen molar-refractivity contribution < 1.29 is 28.6 Å². The zero-order chi connectivity index (χ0) is 48.7. The molecule has 0 bridgehead atoms. The van der Waals surface area contributed by atoms with Crippen LogP contribution in [0.4, 0.5) is 0 Å². The highest BCUT2D eigenvalue weighted by Crippen LogP contribution is 2.15. The van der Waals surface area contributed by atoms with E-state index < -0.39 is 0 Å². The van der Waals surface area contributed by atoms with Crippen molar-refractivity contribution in [3.05, 3.63) is 0 Å². The molecule has 6 nitrogen and oxygen atoms in total. The number of esters is 3. The molecule has 0 aromatic heterocycles. The minimum absolute atomic E-state index is 0.0161. The number of carbonyl (C=O) groups excluding carboxylic acids is 3. The van der Waals surface area contributed by atoms with Crippen LogP contribution in [0.25, 0.3) is 0 Å². The third kappa shape index (κ3) is 69.1. The zero-order valence-electron chi connectivity index (χ0n) is 45.8. The van der Waals surface area contributed by atoms with Crippen molar-refractivity contribution in [1.82, 2.24) is 0 Å². The fourth-order valence-corrected chi connectivity index (χ4v) is 7.65. The van der Waals surface area contributed by atoms with Gasteiger partial charge in [-0.1, -0.05) is 268 Å². The van der Waals surface area contributed by atoms with Crippen LogP contribution in [0.15, 0.2) is 0 Å². The Morgan fingerprint density at radius 1 is 0.262 bits per heavy atom. The average molecular weight is 924 g/mol. The molecule has 0 aliphatic heterocycles. The molecule has 0 aliphatic rings. The Kier molecular flexibility index (Phi) is 60.9. The molecule has 0 spiro atoms. The van der Waals surface area contributed by atoms with Crippen LogP contribution >= 0.6 is 0 Å². The molecule has 0 amide bonds. The van der Waals surface area contributed by atoms with E-state index in [4.69, 9.17) is 14.2 Å². The molecular formula is C59H118O6. The largest absolute Gasteiger partial charge is 0.466 e. The Hall–Kier alpha value is -1.59. The van der Waals surface area contributed by atoms with Gasteiger partial charge in [0.1, 0.15) is 0 Å². The lowest BCUT2D eigenvalue weighted by atomic mass is 10.0. The molecule has 0 aromatic carbocycles. The normalized spacial score (nSPS) is 11.1. The van der Waals surface area contributed by atoms with Gasteiger partial charge in [0.05, 0.1) is 19.8 Å². The number of unbranched alkanes of at least 4 members (excludes halogenated alkanes) is 32. The van der Waals surface area contributed by atoms with Gasteiger partial charge in [0.2, 0.25) is 0 Å². The van der Waals surface area contributed by atoms with Crippen molar-refractivity contribution in [3.63, 3.8) is 0 Å². The van der Waals surface area contributed by atoms with Crippen molar-refractivity contribution in [2.24, 2.45) is 17.8 Å². The molecule has 0 unspecified atom stereocenters. The third-order valence-electron chi connectivity index (χ3n) is 12.3. The Balaban J connectivity index is -0.000000889. The maximum Gasteiger partial charge on any atom is 0.305 e. The van der Waals surface area contributed by atoms with Crippen LogP contribution in [0.5, 0.6) is 0 Å². The highest BCUT2D eigenvalue weighted by Gasteiger charge is 2.06. The van der Waals surface area contributed by atoms with Gasteiger partial charge in [0.25, 0.3) is 0 Å². The first-order valence-electron chi connectivity index (χ1n) is 29.0. The molecule has 0 radical (unpaired) electrons. The summed E-state index contributed by atoms with van der Waals surface area (Å²) in [6.07, 6.45) is 51.3. The second-order valence-electron chi connectivity index (χ2n) is 20.8. The molecule has 0 heterocycles. The third-order valence-corrected chi connectivity index (χ3v) is 12.3. The first-order chi connectivity index (χ1) is 31.5. The van der Waals surface area contributed by atoms with Crippen molar-refractivity contribution in [1.29, 1.82) is 0 Å². The van der Waals surface area contributed by atoms with E-state index in [1.165, 1.54) is 205 Å². The minimum atomic E-state index is -0.0189. The van der Waals surface area contributed by atoms with Crippen LogP contribution in [-0.2, 0) is 28.6 Å². The van der Waals surface area contributed by atoms with Gasteiger partial charge in [-0.05, 0) is 56.3 Å².